The average molecular weight is 448 g/mol. The molecule has 0 saturated carbocycles. The lowest BCUT2D eigenvalue weighted by molar-refractivity contribution is 0.228. The van der Waals surface area contributed by atoms with Crippen molar-refractivity contribution in [2.75, 3.05) is 17.8 Å². The van der Waals surface area contributed by atoms with E-state index in [1.165, 1.54) is 6.07 Å². The van der Waals surface area contributed by atoms with Crippen molar-refractivity contribution in [3.05, 3.63) is 34.4 Å². The quantitative estimate of drug-likeness (QED) is 0.669. The Balaban J connectivity index is 2.32. The van der Waals surface area contributed by atoms with Crippen LogP contribution in [0.1, 0.15) is 19.5 Å². The molecule has 1 amide bonds. The highest BCUT2D eigenvalue weighted by Gasteiger charge is 2.24. The number of nitrogens with one attached hydrogen (secondary N) is 1. The molecule has 0 unspecified atom stereocenters. The molecule has 0 aliphatic rings. The fourth-order valence-corrected chi connectivity index (χ4v) is 4.80. The summed E-state index contributed by atoms with van der Waals surface area (Å²) in [5.41, 5.74) is 0.525. The molecule has 0 aliphatic heterocycles. The number of hydrogen-bond acceptors (Lipinski definition) is 6. The van der Waals surface area contributed by atoms with Crippen molar-refractivity contribution in [3.63, 3.8) is 0 Å². The molecule has 1 aromatic carbocycles. The summed E-state index contributed by atoms with van der Waals surface area (Å²) in [7, 11) is -3.94. The van der Waals surface area contributed by atoms with Crippen molar-refractivity contribution in [2.45, 2.75) is 30.6 Å². The number of rotatable bonds is 6. The number of carbonyl (C=O) groups excluding carboxylic acids is 1. The van der Waals surface area contributed by atoms with Crippen molar-refractivity contribution in [1.82, 2.24) is 10.1 Å². The predicted octanol–water partition coefficient (Wildman–Crippen LogP) is 4.10. The smallest absolute Gasteiger partial charge is 0.286 e. The van der Waals surface area contributed by atoms with Crippen molar-refractivity contribution < 1.29 is 17.7 Å². The van der Waals surface area contributed by atoms with Crippen LogP contribution >= 0.6 is 27.7 Å². The summed E-state index contributed by atoms with van der Waals surface area (Å²) in [6, 6.07) is 6.32. The van der Waals surface area contributed by atoms with Gasteiger partial charge in [-0.2, -0.15) is 0 Å². The number of halogens is 1. The Morgan fingerprint density at radius 2 is 1.96 bits per heavy atom. The monoisotopic (exact) mass is 447 g/mol. The van der Waals surface area contributed by atoms with Gasteiger partial charge in [-0.05, 0) is 60.6 Å². The largest absolute Gasteiger partial charge is 0.336 e. The molecule has 0 radical (unpaired) electrons. The van der Waals surface area contributed by atoms with E-state index in [1.807, 2.05) is 13.8 Å². The second-order valence-corrected chi connectivity index (χ2v) is 8.44. The van der Waals surface area contributed by atoms with E-state index >= 15 is 0 Å². The van der Waals surface area contributed by atoms with Crippen LogP contribution in [-0.4, -0.2) is 36.8 Å². The van der Waals surface area contributed by atoms with Gasteiger partial charge in [-0.25, -0.2) is 13.1 Å². The minimum Gasteiger partial charge on any atom is -0.336 e. The highest BCUT2D eigenvalue weighted by atomic mass is 79.9. The average Bonchev–Trinajstić information content (AvgIpc) is 2.88. The number of benzene rings is 1. The topological polar surface area (TPSA) is 92.5 Å². The van der Waals surface area contributed by atoms with E-state index in [1.54, 1.807) is 30.0 Å². The summed E-state index contributed by atoms with van der Waals surface area (Å²) in [6.45, 7) is 6.53. The van der Waals surface area contributed by atoms with Gasteiger partial charge in [-0.1, -0.05) is 17.3 Å². The van der Waals surface area contributed by atoms with Crippen LogP contribution < -0.4 is 4.72 Å². The zero-order chi connectivity index (χ0) is 18.6. The zero-order valence-electron chi connectivity index (χ0n) is 13.9. The third-order valence-electron chi connectivity index (χ3n) is 3.38. The minimum atomic E-state index is -3.94. The van der Waals surface area contributed by atoms with Gasteiger partial charge in [0.15, 0.2) is 0 Å². The van der Waals surface area contributed by atoms with Gasteiger partial charge in [-0.3, -0.25) is 4.79 Å². The van der Waals surface area contributed by atoms with Gasteiger partial charge in [0.1, 0.15) is 9.37 Å². The summed E-state index contributed by atoms with van der Waals surface area (Å²) in [4.78, 5) is 14.3. The highest BCUT2D eigenvalue weighted by Crippen LogP contribution is 2.32. The number of hydrogen-bond donors (Lipinski definition) is 1. The van der Waals surface area contributed by atoms with E-state index in [9.17, 15) is 13.2 Å². The van der Waals surface area contributed by atoms with E-state index < -0.39 is 10.0 Å². The van der Waals surface area contributed by atoms with E-state index in [-0.39, 0.29) is 16.0 Å². The maximum atomic E-state index is 12.7. The number of anilines is 1. The first kappa shape index (κ1) is 19.8. The van der Waals surface area contributed by atoms with E-state index in [0.717, 1.165) is 11.8 Å². The van der Waals surface area contributed by atoms with Gasteiger partial charge in [-0.15, -0.1) is 0 Å². The van der Waals surface area contributed by atoms with E-state index in [0.29, 0.717) is 28.2 Å². The molecule has 1 aromatic heterocycles. The molecule has 0 atom stereocenters. The third kappa shape index (κ3) is 4.56. The third-order valence-corrected chi connectivity index (χ3v) is 6.84. The SMILES string of the molecule is CCN(CC)C(=O)Sc1ccccc1S(=O)(=O)Nc1onc(C)c1Br. The van der Waals surface area contributed by atoms with Crippen LogP contribution in [0.25, 0.3) is 0 Å². The molecular formula is C15H18BrN3O4S2. The molecule has 0 aliphatic carbocycles. The van der Waals surface area contributed by atoms with E-state index in [2.05, 4.69) is 25.8 Å². The Labute approximate surface area is 159 Å². The van der Waals surface area contributed by atoms with Gasteiger partial charge in [0.05, 0.1) is 5.69 Å². The van der Waals surface area contributed by atoms with Crippen molar-refractivity contribution in [2.24, 2.45) is 0 Å². The number of sulfonamides is 1. The first-order valence-corrected chi connectivity index (χ1v) is 10.6. The van der Waals surface area contributed by atoms with Crippen molar-refractivity contribution in [1.29, 1.82) is 0 Å². The van der Waals surface area contributed by atoms with Crippen LogP contribution in [0, 0.1) is 6.92 Å². The maximum absolute atomic E-state index is 12.7. The Bertz CT molecular complexity index is 863. The lowest BCUT2D eigenvalue weighted by atomic mass is 10.4. The van der Waals surface area contributed by atoms with Crippen molar-refractivity contribution >= 4 is 48.8 Å². The molecule has 2 rings (SSSR count). The van der Waals surface area contributed by atoms with Gasteiger partial charge < -0.3 is 9.42 Å². The van der Waals surface area contributed by atoms with Gasteiger partial charge in [0.2, 0.25) is 0 Å². The van der Waals surface area contributed by atoms with Crippen LogP contribution in [0.2, 0.25) is 0 Å². The Hall–Kier alpha value is -1.52. The number of nitrogens with zero attached hydrogens (tertiary/aromatic N) is 2. The molecule has 1 N–H and O–H groups in total. The molecule has 0 spiro atoms. The Kier molecular flexibility index (Phi) is 6.53. The lowest BCUT2D eigenvalue weighted by Gasteiger charge is -2.18. The molecule has 0 bridgehead atoms. The highest BCUT2D eigenvalue weighted by molar-refractivity contribution is 9.10. The molecule has 2 aromatic rings. The zero-order valence-corrected chi connectivity index (χ0v) is 17.2. The number of thioether (sulfide) groups is 1. The first-order chi connectivity index (χ1) is 11.8. The number of carbonyl (C=O) groups is 1. The number of aromatic nitrogens is 1. The minimum absolute atomic E-state index is 0.00135. The van der Waals surface area contributed by atoms with Gasteiger partial charge >= 0.3 is 0 Å². The van der Waals surface area contributed by atoms with Crippen LogP contribution in [0.3, 0.4) is 0 Å². The molecule has 0 fully saturated rings. The predicted molar refractivity (Wildman–Crippen MR) is 100 cm³/mol. The molecule has 10 heteroatoms. The lowest BCUT2D eigenvalue weighted by Crippen LogP contribution is -2.27. The molecule has 25 heavy (non-hydrogen) atoms. The summed E-state index contributed by atoms with van der Waals surface area (Å²) in [5, 5.41) is 3.49. The normalized spacial score (nSPS) is 11.4. The molecular weight excluding hydrogens is 430 g/mol. The first-order valence-electron chi connectivity index (χ1n) is 7.50. The fourth-order valence-electron chi connectivity index (χ4n) is 2.00. The molecule has 0 saturated heterocycles. The van der Waals surface area contributed by atoms with E-state index in [4.69, 9.17) is 4.52 Å². The second-order valence-electron chi connectivity index (χ2n) is 5.00. The fraction of sp³-hybridized carbons (Fsp3) is 0.333. The van der Waals surface area contributed by atoms with Crippen LogP contribution in [0.15, 0.2) is 43.1 Å². The van der Waals surface area contributed by atoms with Crippen LogP contribution in [-0.2, 0) is 10.0 Å². The number of aryl methyl sites for hydroxylation is 1. The summed E-state index contributed by atoms with van der Waals surface area (Å²) in [6.07, 6.45) is 0. The standard InChI is InChI=1S/C15H18BrN3O4S2/c1-4-19(5-2)15(20)24-11-8-6-7-9-12(11)25(21,22)18-14-13(16)10(3)17-23-14/h6-9,18H,4-5H2,1-3H3. The summed E-state index contributed by atoms with van der Waals surface area (Å²) >= 11 is 4.11. The van der Waals surface area contributed by atoms with Gasteiger partial charge in [0.25, 0.3) is 21.1 Å². The number of amides is 1. The Morgan fingerprint density at radius 1 is 1.32 bits per heavy atom. The molecule has 136 valence electrons. The molecule has 1 heterocycles. The maximum Gasteiger partial charge on any atom is 0.286 e. The van der Waals surface area contributed by atoms with Crippen LogP contribution in [0.4, 0.5) is 10.7 Å². The van der Waals surface area contributed by atoms with Crippen LogP contribution in [0.5, 0.6) is 0 Å². The summed E-state index contributed by atoms with van der Waals surface area (Å²) in [5.74, 6) is -0.00706. The second kappa shape index (κ2) is 8.24. The van der Waals surface area contributed by atoms with Gasteiger partial charge in [0, 0.05) is 18.0 Å². The Morgan fingerprint density at radius 3 is 2.52 bits per heavy atom. The summed E-state index contributed by atoms with van der Waals surface area (Å²) < 4.78 is 33.2. The molecule has 7 nitrogen and oxygen atoms in total. The van der Waals surface area contributed by atoms with Crippen molar-refractivity contribution in [3.8, 4) is 0 Å².